The topological polar surface area (TPSA) is 131 Å². The van der Waals surface area contributed by atoms with Crippen molar-refractivity contribution >= 4 is 52.1 Å². The maximum atomic E-state index is 13.3. The maximum absolute atomic E-state index is 13.3. The van der Waals surface area contributed by atoms with Crippen LogP contribution in [0.2, 0.25) is 10.0 Å². The van der Waals surface area contributed by atoms with Gasteiger partial charge < -0.3 is 25.8 Å². The molecule has 12 heteroatoms. The third-order valence-corrected chi connectivity index (χ3v) is 6.81. The number of nitrogens with one attached hydrogen (secondary N) is 2. The summed E-state index contributed by atoms with van der Waals surface area (Å²) in [5.41, 5.74) is 9.55. The van der Waals surface area contributed by atoms with Crippen LogP contribution in [0.1, 0.15) is 22.5 Å². The molecule has 1 amide bonds. The van der Waals surface area contributed by atoms with Crippen LogP contribution in [0.4, 0.5) is 23.0 Å². The molecule has 0 aliphatic heterocycles. The molecule has 4 N–H and O–H groups in total. The number of carbonyl (C=O) groups is 1. The van der Waals surface area contributed by atoms with E-state index in [9.17, 15) is 14.9 Å². The molecule has 2 heterocycles. The molecule has 0 saturated carbocycles. The van der Waals surface area contributed by atoms with Gasteiger partial charge in [0.1, 0.15) is 11.5 Å². The molecule has 40 heavy (non-hydrogen) atoms. The van der Waals surface area contributed by atoms with Gasteiger partial charge in [-0.2, -0.15) is 0 Å². The molecular weight excluding hydrogens is 553 g/mol. The molecule has 0 fully saturated rings. The second-order valence-electron chi connectivity index (χ2n) is 9.31. The first kappa shape index (κ1) is 28.7. The Kier molecular flexibility index (Phi) is 9.13. The Morgan fingerprint density at radius 1 is 1.10 bits per heavy atom. The van der Waals surface area contributed by atoms with Crippen LogP contribution in [0.3, 0.4) is 0 Å². The number of nitrogen functional groups attached to an aromatic ring is 1. The van der Waals surface area contributed by atoms with Crippen LogP contribution in [0.15, 0.2) is 66.9 Å². The van der Waals surface area contributed by atoms with Crippen molar-refractivity contribution < 1.29 is 9.72 Å². The Bertz CT molecular complexity index is 1520. The van der Waals surface area contributed by atoms with Gasteiger partial charge >= 0.3 is 5.69 Å². The van der Waals surface area contributed by atoms with Crippen LogP contribution in [-0.4, -0.2) is 41.0 Å². The van der Waals surface area contributed by atoms with E-state index in [0.717, 1.165) is 22.4 Å². The van der Waals surface area contributed by atoms with Gasteiger partial charge in [0.2, 0.25) is 5.82 Å². The zero-order chi connectivity index (χ0) is 28.8. The summed E-state index contributed by atoms with van der Waals surface area (Å²) < 4.78 is 1.88. The highest BCUT2D eigenvalue weighted by Gasteiger charge is 2.17. The zero-order valence-electron chi connectivity index (χ0n) is 22.0. The predicted molar refractivity (Wildman–Crippen MR) is 160 cm³/mol. The Balaban J connectivity index is 1.47. The summed E-state index contributed by atoms with van der Waals surface area (Å²) in [6.45, 7) is 1.39. The minimum Gasteiger partial charge on any atom is -0.378 e. The van der Waals surface area contributed by atoms with Crippen molar-refractivity contribution in [2.45, 2.75) is 19.5 Å². The van der Waals surface area contributed by atoms with E-state index in [4.69, 9.17) is 28.9 Å². The quantitative estimate of drug-likeness (QED) is 0.115. The van der Waals surface area contributed by atoms with Gasteiger partial charge in [0, 0.05) is 72.9 Å². The molecule has 0 atom stereocenters. The standard InChI is InChI=1S/C28H29Cl2N7O3/c1-35(2)21-7-4-18(5-8-21)16-33-28(38)25-14-19(22-9-6-20(29)15-23(22)30)17-36(25)13-3-12-32-26-11-10-24(37(39)40)27(31)34-26/h4-11,14-15,17H,3,12-13,16H2,1-2H3,(H,33,38)(H3,31,32,34). The summed E-state index contributed by atoms with van der Waals surface area (Å²) in [5.74, 6) is 0.0634. The Labute approximate surface area is 241 Å². The minimum absolute atomic E-state index is 0.153. The number of aryl methyl sites for hydroxylation is 1. The molecule has 0 aliphatic carbocycles. The lowest BCUT2D eigenvalue weighted by Crippen LogP contribution is -2.25. The third-order valence-electron chi connectivity index (χ3n) is 6.26. The van der Waals surface area contributed by atoms with E-state index in [2.05, 4.69) is 15.6 Å². The van der Waals surface area contributed by atoms with E-state index >= 15 is 0 Å². The first-order valence-corrected chi connectivity index (χ1v) is 13.2. The molecular formula is C28H29Cl2N7O3. The van der Waals surface area contributed by atoms with Gasteiger partial charge in [0.05, 0.1) is 4.92 Å². The number of rotatable bonds is 11. The summed E-state index contributed by atoms with van der Waals surface area (Å²) in [5, 5.41) is 18.1. The molecule has 2 aromatic carbocycles. The second-order valence-corrected chi connectivity index (χ2v) is 10.2. The highest BCUT2D eigenvalue weighted by Crippen LogP contribution is 2.32. The van der Waals surface area contributed by atoms with Crippen molar-refractivity contribution in [2.24, 2.45) is 0 Å². The summed E-state index contributed by atoms with van der Waals surface area (Å²) >= 11 is 12.5. The van der Waals surface area contributed by atoms with E-state index in [1.807, 2.05) is 66.2 Å². The fourth-order valence-electron chi connectivity index (χ4n) is 4.13. The summed E-state index contributed by atoms with van der Waals surface area (Å²) in [4.78, 5) is 29.7. The zero-order valence-corrected chi connectivity index (χ0v) is 23.5. The molecule has 0 bridgehead atoms. The molecule has 0 saturated heterocycles. The molecule has 4 aromatic rings. The number of benzene rings is 2. The van der Waals surface area contributed by atoms with Gasteiger partial charge in [0.25, 0.3) is 5.91 Å². The van der Waals surface area contributed by atoms with Crippen molar-refractivity contribution in [2.75, 3.05) is 36.6 Å². The smallest absolute Gasteiger partial charge is 0.311 e. The van der Waals surface area contributed by atoms with E-state index in [0.29, 0.717) is 47.6 Å². The number of carbonyl (C=O) groups excluding carboxylic acids is 1. The van der Waals surface area contributed by atoms with E-state index in [1.54, 1.807) is 12.1 Å². The molecule has 0 aliphatic rings. The highest BCUT2D eigenvalue weighted by molar-refractivity contribution is 6.36. The second kappa shape index (κ2) is 12.7. The summed E-state index contributed by atoms with van der Waals surface area (Å²) in [6, 6.07) is 17.9. The Morgan fingerprint density at radius 2 is 1.85 bits per heavy atom. The lowest BCUT2D eigenvalue weighted by atomic mass is 10.1. The number of nitro groups is 1. The van der Waals surface area contributed by atoms with Crippen molar-refractivity contribution in [3.8, 4) is 11.1 Å². The first-order chi connectivity index (χ1) is 19.1. The first-order valence-electron chi connectivity index (χ1n) is 12.5. The molecule has 0 spiro atoms. The number of amides is 1. The number of halogens is 2. The molecule has 10 nitrogen and oxygen atoms in total. The highest BCUT2D eigenvalue weighted by atomic mass is 35.5. The number of hydrogen-bond donors (Lipinski definition) is 3. The van der Waals surface area contributed by atoms with Gasteiger partial charge in [-0.15, -0.1) is 0 Å². The minimum atomic E-state index is -0.575. The van der Waals surface area contributed by atoms with Crippen molar-refractivity contribution in [3.63, 3.8) is 0 Å². The monoisotopic (exact) mass is 581 g/mol. The van der Waals surface area contributed by atoms with Crippen molar-refractivity contribution in [1.82, 2.24) is 14.9 Å². The average molecular weight is 582 g/mol. The summed E-state index contributed by atoms with van der Waals surface area (Å²) in [7, 11) is 3.95. The fourth-order valence-corrected chi connectivity index (χ4v) is 4.65. The lowest BCUT2D eigenvalue weighted by Gasteiger charge is -2.13. The van der Waals surface area contributed by atoms with Gasteiger partial charge in [0.15, 0.2) is 0 Å². The predicted octanol–water partition coefficient (Wildman–Crippen LogP) is 5.85. The normalized spacial score (nSPS) is 10.8. The van der Waals surface area contributed by atoms with E-state index < -0.39 is 4.92 Å². The van der Waals surface area contributed by atoms with Gasteiger partial charge in [-0.1, -0.05) is 41.4 Å². The lowest BCUT2D eigenvalue weighted by molar-refractivity contribution is -0.384. The fraction of sp³-hybridized carbons (Fsp3) is 0.214. The number of aromatic nitrogens is 2. The number of nitrogens with two attached hydrogens (primary N) is 1. The van der Waals surface area contributed by atoms with Crippen LogP contribution in [0.25, 0.3) is 11.1 Å². The molecule has 4 rings (SSSR count). The number of nitrogens with zero attached hydrogens (tertiary/aromatic N) is 4. The van der Waals surface area contributed by atoms with Crippen LogP contribution >= 0.6 is 23.2 Å². The van der Waals surface area contributed by atoms with Gasteiger partial charge in [-0.05, 0) is 48.4 Å². The van der Waals surface area contributed by atoms with E-state index in [1.165, 1.54) is 12.1 Å². The Morgan fingerprint density at radius 3 is 2.50 bits per heavy atom. The van der Waals surface area contributed by atoms with Gasteiger partial charge in [-0.3, -0.25) is 14.9 Å². The van der Waals surface area contributed by atoms with Crippen LogP contribution < -0.4 is 21.3 Å². The van der Waals surface area contributed by atoms with Crippen molar-refractivity contribution in [1.29, 1.82) is 0 Å². The maximum Gasteiger partial charge on any atom is 0.311 e. The number of hydrogen-bond acceptors (Lipinski definition) is 7. The van der Waals surface area contributed by atoms with Crippen LogP contribution in [-0.2, 0) is 13.1 Å². The molecule has 2 aromatic heterocycles. The molecule has 0 unspecified atom stereocenters. The van der Waals surface area contributed by atoms with E-state index in [-0.39, 0.29) is 17.4 Å². The van der Waals surface area contributed by atoms with Gasteiger partial charge in [-0.25, -0.2) is 4.98 Å². The largest absolute Gasteiger partial charge is 0.378 e. The average Bonchev–Trinajstić information content (AvgIpc) is 3.33. The van der Waals surface area contributed by atoms with Crippen molar-refractivity contribution in [3.05, 3.63) is 98.3 Å². The van der Waals surface area contributed by atoms with Crippen LogP contribution in [0.5, 0.6) is 0 Å². The SMILES string of the molecule is CN(C)c1ccc(CNC(=O)c2cc(-c3ccc(Cl)cc3Cl)cn2CCCNc2ccc([N+](=O)[O-])c(N)n2)cc1. The molecule has 0 radical (unpaired) electrons. The molecule has 208 valence electrons. The van der Waals surface area contributed by atoms with Crippen LogP contribution in [0, 0.1) is 10.1 Å². The number of anilines is 3. The third kappa shape index (κ3) is 7.02. The number of pyridine rings is 1. The summed E-state index contributed by atoms with van der Waals surface area (Å²) in [6.07, 6.45) is 2.52. The Hall–Kier alpha value is -4.28.